The van der Waals surface area contributed by atoms with Crippen molar-refractivity contribution in [2.45, 2.75) is 19.4 Å². The smallest absolute Gasteiger partial charge is 0.326 e. The molecule has 0 saturated heterocycles. The highest BCUT2D eigenvalue weighted by Crippen LogP contribution is 2.06. The van der Waals surface area contributed by atoms with Crippen LogP contribution in [0.3, 0.4) is 0 Å². The van der Waals surface area contributed by atoms with Crippen LogP contribution in [0.15, 0.2) is 14.6 Å². The van der Waals surface area contributed by atoms with Crippen molar-refractivity contribution in [1.29, 1.82) is 0 Å². The lowest BCUT2D eigenvalue weighted by Gasteiger charge is -2.06. The molecule has 2 heterocycles. The van der Waals surface area contributed by atoms with Gasteiger partial charge < -0.3 is 10.3 Å². The predicted octanol–water partition coefficient (Wildman–Crippen LogP) is -0.00150. The molecule has 6 nitrogen and oxygen atoms in total. The van der Waals surface area contributed by atoms with Gasteiger partial charge in [0, 0.05) is 13.0 Å². The molecule has 0 bridgehead atoms. The molecule has 0 saturated carbocycles. The summed E-state index contributed by atoms with van der Waals surface area (Å²) in [6.45, 7) is 1.12. The standard InChI is InChI=1S/C9H11ClN4O2/c10-7-5(13-9(16)14-8(7)15)4-12-6-2-1-3-11-6/h1-4H2,(H,11,12)(H2,13,14,15,16). The van der Waals surface area contributed by atoms with Gasteiger partial charge in [0.2, 0.25) is 0 Å². The Balaban J connectivity index is 2.15. The van der Waals surface area contributed by atoms with E-state index in [4.69, 9.17) is 11.6 Å². The van der Waals surface area contributed by atoms with E-state index >= 15 is 0 Å². The number of amidine groups is 1. The van der Waals surface area contributed by atoms with Crippen molar-refractivity contribution in [3.8, 4) is 0 Å². The van der Waals surface area contributed by atoms with E-state index in [0.29, 0.717) is 12.2 Å². The lowest BCUT2D eigenvalue weighted by molar-refractivity contribution is 0.830. The zero-order valence-corrected chi connectivity index (χ0v) is 9.23. The Morgan fingerprint density at radius 1 is 1.38 bits per heavy atom. The van der Waals surface area contributed by atoms with Gasteiger partial charge in [-0.3, -0.25) is 14.8 Å². The van der Waals surface area contributed by atoms with Crippen LogP contribution >= 0.6 is 11.6 Å². The summed E-state index contributed by atoms with van der Waals surface area (Å²) in [5, 5.41) is 3.04. The molecule has 0 radical (unpaired) electrons. The normalized spacial score (nSPS) is 14.9. The van der Waals surface area contributed by atoms with Gasteiger partial charge in [-0.1, -0.05) is 11.6 Å². The topological polar surface area (TPSA) is 90.1 Å². The Morgan fingerprint density at radius 2 is 2.19 bits per heavy atom. The SMILES string of the molecule is O=c1[nH]c(CNC2=NCCC2)c(Cl)c(=O)[nH]1. The third-order valence-corrected chi connectivity index (χ3v) is 2.70. The van der Waals surface area contributed by atoms with Crippen LogP contribution in [0.4, 0.5) is 0 Å². The predicted molar refractivity (Wildman–Crippen MR) is 61.1 cm³/mol. The number of rotatable bonds is 2. The van der Waals surface area contributed by atoms with Crippen molar-refractivity contribution >= 4 is 17.4 Å². The van der Waals surface area contributed by atoms with E-state index in [-0.39, 0.29) is 5.02 Å². The second-order valence-corrected chi connectivity index (χ2v) is 3.86. The Bertz CT molecular complexity index is 531. The first-order valence-electron chi connectivity index (χ1n) is 4.95. The quantitative estimate of drug-likeness (QED) is 0.682. The van der Waals surface area contributed by atoms with Crippen molar-refractivity contribution in [3.63, 3.8) is 0 Å². The molecular weight excluding hydrogens is 232 g/mol. The molecule has 16 heavy (non-hydrogen) atoms. The van der Waals surface area contributed by atoms with Gasteiger partial charge in [-0.25, -0.2) is 4.79 Å². The summed E-state index contributed by atoms with van der Waals surface area (Å²) in [6.07, 6.45) is 1.92. The number of aromatic amines is 2. The van der Waals surface area contributed by atoms with Crippen LogP contribution in [-0.4, -0.2) is 22.3 Å². The Morgan fingerprint density at radius 3 is 2.88 bits per heavy atom. The fraction of sp³-hybridized carbons (Fsp3) is 0.444. The second kappa shape index (κ2) is 4.52. The molecule has 3 N–H and O–H groups in total. The molecule has 86 valence electrons. The number of hydrogen-bond acceptors (Lipinski definition) is 4. The van der Waals surface area contributed by atoms with Crippen LogP contribution in [0.5, 0.6) is 0 Å². The summed E-state index contributed by atoms with van der Waals surface area (Å²) in [7, 11) is 0. The Hall–Kier alpha value is -1.56. The number of halogens is 1. The largest absolute Gasteiger partial charge is 0.368 e. The third-order valence-electron chi connectivity index (χ3n) is 2.30. The number of nitrogens with zero attached hydrogens (tertiary/aromatic N) is 1. The minimum atomic E-state index is -0.574. The van der Waals surface area contributed by atoms with Crippen molar-refractivity contribution < 1.29 is 0 Å². The Kier molecular flexibility index (Phi) is 3.09. The molecule has 1 aromatic heterocycles. The third kappa shape index (κ3) is 2.33. The van der Waals surface area contributed by atoms with Crippen LogP contribution in [0.1, 0.15) is 18.5 Å². The summed E-state index contributed by atoms with van der Waals surface area (Å²) < 4.78 is 0. The van der Waals surface area contributed by atoms with Crippen molar-refractivity contribution in [3.05, 3.63) is 31.6 Å². The molecule has 1 aliphatic heterocycles. The molecule has 0 unspecified atom stereocenters. The van der Waals surface area contributed by atoms with Gasteiger partial charge in [-0.15, -0.1) is 0 Å². The van der Waals surface area contributed by atoms with E-state index in [2.05, 4.69) is 20.3 Å². The van der Waals surface area contributed by atoms with Gasteiger partial charge in [0.25, 0.3) is 5.56 Å². The highest BCUT2D eigenvalue weighted by molar-refractivity contribution is 6.31. The lowest BCUT2D eigenvalue weighted by Crippen LogP contribution is -2.29. The van der Waals surface area contributed by atoms with Crippen LogP contribution in [0.2, 0.25) is 5.02 Å². The summed E-state index contributed by atoms with van der Waals surface area (Å²) >= 11 is 5.76. The van der Waals surface area contributed by atoms with Crippen molar-refractivity contribution in [1.82, 2.24) is 15.3 Å². The molecular formula is C9H11ClN4O2. The first-order chi connectivity index (χ1) is 7.66. The maximum Gasteiger partial charge on any atom is 0.326 e. The second-order valence-electron chi connectivity index (χ2n) is 3.49. The number of aromatic nitrogens is 2. The average molecular weight is 243 g/mol. The highest BCUT2D eigenvalue weighted by Gasteiger charge is 2.09. The average Bonchev–Trinajstić information content (AvgIpc) is 2.74. The first kappa shape index (κ1) is 10.9. The maximum atomic E-state index is 11.2. The van der Waals surface area contributed by atoms with Gasteiger partial charge in [0.1, 0.15) is 5.02 Å². The highest BCUT2D eigenvalue weighted by atomic mass is 35.5. The van der Waals surface area contributed by atoms with Gasteiger partial charge in [0.05, 0.1) is 18.1 Å². The van der Waals surface area contributed by atoms with Crippen LogP contribution in [0, 0.1) is 0 Å². The molecule has 1 aromatic rings. The summed E-state index contributed by atoms with van der Waals surface area (Å²) in [6, 6.07) is 0. The molecule has 0 aliphatic carbocycles. The zero-order chi connectivity index (χ0) is 11.5. The van der Waals surface area contributed by atoms with Crippen LogP contribution in [-0.2, 0) is 6.54 Å². The molecule has 7 heteroatoms. The summed E-state index contributed by atoms with van der Waals surface area (Å²) in [5.74, 6) is 0.886. The van der Waals surface area contributed by atoms with Crippen molar-refractivity contribution in [2.75, 3.05) is 6.54 Å². The summed E-state index contributed by atoms with van der Waals surface area (Å²) in [4.78, 5) is 31.0. The molecule has 0 aromatic carbocycles. The van der Waals surface area contributed by atoms with E-state index in [1.807, 2.05) is 0 Å². The minimum Gasteiger partial charge on any atom is -0.368 e. The molecule has 0 spiro atoms. The van der Waals surface area contributed by atoms with Gasteiger partial charge >= 0.3 is 5.69 Å². The van der Waals surface area contributed by atoms with Crippen molar-refractivity contribution in [2.24, 2.45) is 4.99 Å². The van der Waals surface area contributed by atoms with E-state index in [0.717, 1.165) is 25.2 Å². The van der Waals surface area contributed by atoms with Crippen LogP contribution < -0.4 is 16.6 Å². The van der Waals surface area contributed by atoms with E-state index in [1.54, 1.807) is 0 Å². The molecule has 0 amide bonds. The number of H-pyrrole nitrogens is 2. The number of nitrogens with one attached hydrogen (secondary N) is 3. The lowest BCUT2D eigenvalue weighted by atomic mass is 10.3. The molecule has 2 rings (SSSR count). The zero-order valence-electron chi connectivity index (χ0n) is 8.47. The molecule has 1 aliphatic rings. The van der Waals surface area contributed by atoms with Gasteiger partial charge in [-0.05, 0) is 6.42 Å². The van der Waals surface area contributed by atoms with E-state index in [1.165, 1.54) is 0 Å². The fourth-order valence-corrected chi connectivity index (χ4v) is 1.68. The summed E-state index contributed by atoms with van der Waals surface area (Å²) in [5.41, 5.74) is -0.750. The maximum absolute atomic E-state index is 11.2. The van der Waals surface area contributed by atoms with Crippen LogP contribution in [0.25, 0.3) is 0 Å². The monoisotopic (exact) mass is 242 g/mol. The van der Waals surface area contributed by atoms with E-state index < -0.39 is 11.2 Å². The molecule has 0 fully saturated rings. The van der Waals surface area contributed by atoms with Gasteiger partial charge in [0.15, 0.2) is 0 Å². The number of hydrogen-bond donors (Lipinski definition) is 3. The molecule has 0 atom stereocenters. The minimum absolute atomic E-state index is 0.00527. The van der Waals surface area contributed by atoms with E-state index in [9.17, 15) is 9.59 Å². The first-order valence-corrected chi connectivity index (χ1v) is 5.33. The Labute approximate surface area is 95.8 Å². The fourth-order valence-electron chi connectivity index (χ4n) is 1.51. The number of aliphatic imine (C=N–C) groups is 1. The van der Waals surface area contributed by atoms with Gasteiger partial charge in [-0.2, -0.15) is 0 Å².